The summed E-state index contributed by atoms with van der Waals surface area (Å²) >= 11 is 2.10. The molecule has 0 radical (unpaired) electrons. The minimum Gasteiger partial charge on any atom is -0.508 e. The van der Waals surface area contributed by atoms with Crippen LogP contribution in [0.15, 0.2) is 47.8 Å². The Hall–Kier alpha value is -4.14. The number of carbonyl (C=O) groups is 4. The van der Waals surface area contributed by atoms with Crippen LogP contribution in [0.1, 0.15) is 40.1 Å². The molecule has 0 bridgehead atoms. The molecule has 3 aromatic rings. The van der Waals surface area contributed by atoms with E-state index in [1.807, 2.05) is 0 Å². The summed E-state index contributed by atoms with van der Waals surface area (Å²) in [5.41, 5.74) is 0.872. The Morgan fingerprint density at radius 1 is 1.06 bits per heavy atom. The zero-order chi connectivity index (χ0) is 25.4. The molecule has 0 fully saturated rings. The predicted molar refractivity (Wildman–Crippen MR) is 131 cm³/mol. The molecule has 2 aromatic heterocycles. The van der Waals surface area contributed by atoms with Gasteiger partial charge in [-0.15, -0.1) is 29.1 Å². The molecule has 0 spiro atoms. The summed E-state index contributed by atoms with van der Waals surface area (Å²) in [5.74, 6) is 0.155. The summed E-state index contributed by atoms with van der Waals surface area (Å²) in [7, 11) is 1.16. The smallest absolute Gasteiger partial charge is 0.330 e. The molecule has 2 heterocycles. The lowest BCUT2D eigenvalue weighted by Gasteiger charge is -2.16. The number of hydrogen-bond acceptors (Lipinski definition) is 8. The zero-order valence-electron chi connectivity index (χ0n) is 18.5. The van der Waals surface area contributed by atoms with E-state index in [2.05, 4.69) is 21.9 Å². The topological polar surface area (TPSA) is 134 Å². The second-order valence-electron chi connectivity index (χ2n) is 7.09. The van der Waals surface area contributed by atoms with E-state index in [0.29, 0.717) is 10.4 Å². The Kier molecular flexibility index (Phi) is 8.61. The van der Waals surface area contributed by atoms with E-state index in [4.69, 9.17) is 11.2 Å². The Balaban J connectivity index is 1.68. The predicted octanol–water partition coefficient (Wildman–Crippen LogP) is 2.13. The molecule has 9 nitrogen and oxygen atoms in total. The molecular weight excluding hydrogens is 490 g/mol. The quantitative estimate of drug-likeness (QED) is 0.257. The van der Waals surface area contributed by atoms with Crippen LogP contribution >= 0.6 is 22.7 Å². The van der Waals surface area contributed by atoms with Gasteiger partial charge >= 0.3 is 5.97 Å². The van der Waals surface area contributed by atoms with Crippen molar-refractivity contribution in [2.24, 2.45) is 0 Å². The standard InChI is InChI=1S/C24H21N3O6S2/c1-3-15-11-19(22(30)25-12-14-6-4-7-16(28)10-14)35-20(15)23(31)27-17(24(32)33-2)13-26-21(29)18-8-5-9-34-18/h1,4-11,17,28H,12-13H2,2H3,(H,25,30)(H,26,29)(H,27,31). The third-order valence-corrected chi connectivity index (χ3v) is 6.69. The van der Waals surface area contributed by atoms with Crippen LogP contribution in [0.5, 0.6) is 5.75 Å². The molecule has 11 heteroatoms. The SMILES string of the molecule is C#Cc1cc(C(=O)NCc2cccc(O)c2)sc1C(=O)NC(CNC(=O)c1cccs1)C(=O)OC. The van der Waals surface area contributed by atoms with Gasteiger partial charge in [0.15, 0.2) is 0 Å². The number of carbonyl (C=O) groups excluding carboxylic acids is 4. The van der Waals surface area contributed by atoms with Crippen molar-refractivity contribution in [3.63, 3.8) is 0 Å². The Bertz CT molecular complexity index is 1280. The summed E-state index contributed by atoms with van der Waals surface area (Å²) < 4.78 is 4.73. The summed E-state index contributed by atoms with van der Waals surface area (Å²) in [6, 6.07) is 10.0. The molecule has 3 amide bonds. The molecular formula is C24H21N3O6S2. The van der Waals surface area contributed by atoms with Crippen LogP contribution in [0, 0.1) is 12.3 Å². The second kappa shape index (κ2) is 11.8. The van der Waals surface area contributed by atoms with Crippen LogP contribution < -0.4 is 16.0 Å². The highest BCUT2D eigenvalue weighted by atomic mass is 32.1. The third kappa shape index (κ3) is 6.69. The van der Waals surface area contributed by atoms with Crippen molar-refractivity contribution in [2.75, 3.05) is 13.7 Å². The Morgan fingerprint density at radius 3 is 2.49 bits per heavy atom. The number of phenols is 1. The summed E-state index contributed by atoms with van der Waals surface area (Å²) in [6.45, 7) is -0.0461. The molecule has 0 aliphatic carbocycles. The fourth-order valence-electron chi connectivity index (χ4n) is 2.96. The lowest BCUT2D eigenvalue weighted by atomic mass is 10.2. The van der Waals surface area contributed by atoms with Crippen LogP contribution in [-0.4, -0.2) is 48.5 Å². The van der Waals surface area contributed by atoms with E-state index >= 15 is 0 Å². The summed E-state index contributed by atoms with van der Waals surface area (Å²) in [5, 5.41) is 19.1. The van der Waals surface area contributed by atoms with Gasteiger partial charge in [-0.2, -0.15) is 0 Å². The van der Waals surface area contributed by atoms with E-state index in [1.54, 1.807) is 29.6 Å². The van der Waals surface area contributed by atoms with Gasteiger partial charge in [-0.1, -0.05) is 24.1 Å². The molecule has 0 aliphatic rings. The van der Waals surface area contributed by atoms with Crippen molar-refractivity contribution in [3.05, 3.63) is 73.6 Å². The van der Waals surface area contributed by atoms with Crippen molar-refractivity contribution in [1.82, 2.24) is 16.0 Å². The number of hydrogen-bond donors (Lipinski definition) is 4. The average molecular weight is 512 g/mol. The first-order valence-electron chi connectivity index (χ1n) is 10.2. The average Bonchev–Trinajstić information content (AvgIpc) is 3.55. The molecule has 1 unspecified atom stereocenters. The normalized spacial score (nSPS) is 11.1. The van der Waals surface area contributed by atoms with Gasteiger partial charge in [0, 0.05) is 18.7 Å². The highest BCUT2D eigenvalue weighted by Crippen LogP contribution is 2.22. The number of methoxy groups -OCH3 is 1. The van der Waals surface area contributed by atoms with Crippen molar-refractivity contribution in [1.29, 1.82) is 0 Å². The lowest BCUT2D eigenvalue weighted by Crippen LogP contribution is -2.48. The maximum Gasteiger partial charge on any atom is 0.330 e. The highest BCUT2D eigenvalue weighted by Gasteiger charge is 2.26. The molecule has 1 atom stereocenters. The molecule has 4 N–H and O–H groups in total. The monoisotopic (exact) mass is 511 g/mol. The first kappa shape index (κ1) is 25.5. The number of ether oxygens (including phenoxy) is 1. The molecule has 180 valence electrons. The number of esters is 1. The molecule has 0 aliphatic heterocycles. The van der Waals surface area contributed by atoms with Gasteiger partial charge < -0.3 is 25.8 Å². The van der Waals surface area contributed by atoms with E-state index in [-0.39, 0.29) is 34.2 Å². The fourth-order valence-corrected chi connectivity index (χ4v) is 4.54. The van der Waals surface area contributed by atoms with Crippen molar-refractivity contribution in [2.45, 2.75) is 12.6 Å². The molecule has 0 saturated carbocycles. The maximum atomic E-state index is 12.9. The molecule has 35 heavy (non-hydrogen) atoms. The van der Waals surface area contributed by atoms with Gasteiger partial charge in [0.1, 0.15) is 16.7 Å². The highest BCUT2D eigenvalue weighted by molar-refractivity contribution is 7.16. The van der Waals surface area contributed by atoms with Crippen LogP contribution in [-0.2, 0) is 16.1 Å². The summed E-state index contributed by atoms with van der Waals surface area (Å²) in [4.78, 5) is 50.6. The zero-order valence-corrected chi connectivity index (χ0v) is 20.1. The largest absolute Gasteiger partial charge is 0.508 e. The lowest BCUT2D eigenvalue weighted by molar-refractivity contribution is -0.142. The number of nitrogens with one attached hydrogen (secondary N) is 3. The van der Waals surface area contributed by atoms with Crippen LogP contribution in [0.4, 0.5) is 0 Å². The van der Waals surface area contributed by atoms with E-state index < -0.39 is 29.7 Å². The van der Waals surface area contributed by atoms with E-state index in [0.717, 1.165) is 18.4 Å². The van der Waals surface area contributed by atoms with Crippen LogP contribution in [0.2, 0.25) is 0 Å². The number of rotatable bonds is 9. The number of phenolic OH excluding ortho intramolecular Hbond substituents is 1. The molecule has 1 aromatic carbocycles. The Labute approximate surface area is 209 Å². The first-order chi connectivity index (χ1) is 16.8. The van der Waals surface area contributed by atoms with Gasteiger partial charge in [-0.3, -0.25) is 14.4 Å². The van der Waals surface area contributed by atoms with E-state index in [1.165, 1.54) is 29.5 Å². The van der Waals surface area contributed by atoms with Crippen molar-refractivity contribution in [3.8, 4) is 18.1 Å². The van der Waals surface area contributed by atoms with Crippen LogP contribution in [0.3, 0.4) is 0 Å². The number of amides is 3. The van der Waals surface area contributed by atoms with Gasteiger partial charge in [0.25, 0.3) is 17.7 Å². The molecule has 3 rings (SSSR count). The number of benzene rings is 1. The van der Waals surface area contributed by atoms with Crippen LogP contribution in [0.25, 0.3) is 0 Å². The van der Waals surface area contributed by atoms with Gasteiger partial charge in [0.05, 0.1) is 16.9 Å². The number of thiophene rings is 2. The van der Waals surface area contributed by atoms with Gasteiger partial charge in [-0.05, 0) is 35.2 Å². The van der Waals surface area contributed by atoms with E-state index in [9.17, 15) is 24.3 Å². The van der Waals surface area contributed by atoms with Crippen molar-refractivity contribution >= 4 is 46.4 Å². The minimum absolute atomic E-state index is 0.0634. The van der Waals surface area contributed by atoms with Gasteiger partial charge in [0.2, 0.25) is 0 Å². The first-order valence-corrected chi connectivity index (χ1v) is 11.9. The molecule has 0 saturated heterocycles. The minimum atomic E-state index is -1.17. The van der Waals surface area contributed by atoms with Gasteiger partial charge in [-0.25, -0.2) is 4.79 Å². The summed E-state index contributed by atoms with van der Waals surface area (Å²) in [6.07, 6.45) is 5.52. The number of terminal acetylenes is 1. The fraction of sp³-hybridized carbons (Fsp3) is 0.167. The second-order valence-corrected chi connectivity index (χ2v) is 9.09. The van der Waals surface area contributed by atoms with Crippen molar-refractivity contribution < 1.29 is 29.0 Å². The third-order valence-electron chi connectivity index (χ3n) is 4.68. The Morgan fingerprint density at radius 2 is 1.83 bits per heavy atom. The maximum absolute atomic E-state index is 12.9. The number of aromatic hydroxyl groups is 1.